The first-order valence-electron chi connectivity index (χ1n) is 21.6. The van der Waals surface area contributed by atoms with E-state index in [1.165, 1.54) is 77.0 Å². The molecule has 0 aromatic heterocycles. The smallest absolute Gasteiger partial charge is 0.462 e. The maximum Gasteiger partial charge on any atom is 0.472 e. The lowest BCUT2D eigenvalue weighted by atomic mass is 10.0. The molecule has 12 heteroatoms. The SMILES string of the molecule is CCCCC/C=C\C[C@@H](O)/C=C/C=C/C=C\[C@@H](O)CCCC(=O)OC[C@H](COP(=O)(O)OCC[N+](C)(C)C)OC(=O)CCCCCCCCCCCCCCC. The highest BCUT2D eigenvalue weighted by Crippen LogP contribution is 2.43. The minimum Gasteiger partial charge on any atom is -0.462 e. The molecule has 11 nitrogen and oxygen atoms in total. The van der Waals surface area contributed by atoms with Crippen LogP contribution in [-0.4, -0.2) is 97.3 Å². The Bertz CT molecular complexity index is 1130. The lowest BCUT2D eigenvalue weighted by Gasteiger charge is -2.24. The average Bonchev–Trinajstić information content (AvgIpc) is 3.13. The molecule has 56 heavy (non-hydrogen) atoms. The van der Waals surface area contributed by atoms with Crippen LogP contribution in [0.15, 0.2) is 48.6 Å². The number of unbranched alkanes of at least 4 members (excludes halogenated alkanes) is 15. The van der Waals surface area contributed by atoms with E-state index in [1.54, 1.807) is 36.5 Å². The number of phosphoric acid groups is 1. The van der Waals surface area contributed by atoms with Crippen molar-refractivity contribution in [1.29, 1.82) is 0 Å². The van der Waals surface area contributed by atoms with Crippen molar-refractivity contribution in [1.82, 2.24) is 0 Å². The number of hydrogen-bond donors (Lipinski definition) is 3. The summed E-state index contributed by atoms with van der Waals surface area (Å²) in [6.45, 7) is 4.06. The summed E-state index contributed by atoms with van der Waals surface area (Å²) in [5, 5.41) is 20.3. The number of quaternary nitrogens is 1. The first-order valence-corrected chi connectivity index (χ1v) is 23.1. The number of esters is 2. The van der Waals surface area contributed by atoms with E-state index in [0.717, 1.165) is 25.7 Å². The Hall–Kier alpha value is -2.11. The van der Waals surface area contributed by atoms with Crippen LogP contribution in [0.1, 0.15) is 155 Å². The molecule has 0 aromatic rings. The minimum absolute atomic E-state index is 0.00830. The second kappa shape index (κ2) is 36.0. The number of allylic oxidation sites excluding steroid dienone is 5. The third kappa shape index (κ3) is 38.7. The first kappa shape index (κ1) is 53.9. The molecular formula is C44H81NO10P+. The third-order valence-electron chi connectivity index (χ3n) is 9.05. The average molecular weight is 815 g/mol. The number of likely N-dealkylation sites (N-methyl/N-ethyl adjacent to an activating group) is 1. The summed E-state index contributed by atoms with van der Waals surface area (Å²) in [7, 11) is 1.34. The largest absolute Gasteiger partial charge is 0.472 e. The number of phosphoric ester groups is 1. The summed E-state index contributed by atoms with van der Waals surface area (Å²) < 4.78 is 34.1. The molecular weight excluding hydrogens is 733 g/mol. The molecule has 3 N–H and O–H groups in total. The molecule has 0 saturated carbocycles. The Morgan fingerprint density at radius 2 is 1.18 bits per heavy atom. The lowest BCUT2D eigenvalue weighted by molar-refractivity contribution is -0.870. The quantitative estimate of drug-likeness (QED) is 0.0137. The number of carbonyl (C=O) groups excluding carboxylic acids is 2. The van der Waals surface area contributed by atoms with Crippen molar-refractivity contribution < 1.29 is 52.3 Å². The van der Waals surface area contributed by atoms with Crippen LogP contribution < -0.4 is 0 Å². The Labute approximate surface area is 340 Å². The fourth-order valence-electron chi connectivity index (χ4n) is 5.56. The van der Waals surface area contributed by atoms with Crippen molar-refractivity contribution in [3.63, 3.8) is 0 Å². The van der Waals surface area contributed by atoms with Crippen LogP contribution in [0.2, 0.25) is 0 Å². The normalized spacial score (nSPS) is 15.2. The number of rotatable bonds is 38. The Morgan fingerprint density at radius 1 is 0.643 bits per heavy atom. The zero-order valence-electron chi connectivity index (χ0n) is 35.8. The first-order chi connectivity index (χ1) is 26.8. The lowest BCUT2D eigenvalue weighted by Crippen LogP contribution is -2.37. The van der Waals surface area contributed by atoms with Crippen molar-refractivity contribution in [2.75, 3.05) is 47.5 Å². The van der Waals surface area contributed by atoms with Crippen LogP contribution in [0, 0.1) is 0 Å². The Morgan fingerprint density at radius 3 is 1.77 bits per heavy atom. The van der Waals surface area contributed by atoms with Crippen LogP contribution in [0.5, 0.6) is 0 Å². The topological polar surface area (TPSA) is 149 Å². The van der Waals surface area contributed by atoms with Gasteiger partial charge in [-0.2, -0.15) is 0 Å². The van der Waals surface area contributed by atoms with Crippen LogP contribution in [0.25, 0.3) is 0 Å². The van der Waals surface area contributed by atoms with Crippen LogP contribution in [0.3, 0.4) is 0 Å². The number of aliphatic hydroxyl groups excluding tert-OH is 2. The molecule has 0 rings (SSSR count). The molecule has 0 aromatic carbocycles. The summed E-state index contributed by atoms with van der Waals surface area (Å²) in [5.74, 6) is -1.04. The van der Waals surface area contributed by atoms with Gasteiger partial charge in [0.25, 0.3) is 0 Å². The summed E-state index contributed by atoms with van der Waals surface area (Å²) in [6.07, 6.45) is 33.6. The van der Waals surface area contributed by atoms with Crippen LogP contribution in [-0.2, 0) is 32.7 Å². The molecule has 0 fully saturated rings. The third-order valence-corrected chi connectivity index (χ3v) is 10.0. The van der Waals surface area contributed by atoms with Gasteiger partial charge in [-0.3, -0.25) is 18.6 Å². The zero-order chi connectivity index (χ0) is 41.8. The van der Waals surface area contributed by atoms with Gasteiger partial charge in [0.05, 0.1) is 40.0 Å². The van der Waals surface area contributed by atoms with E-state index >= 15 is 0 Å². The molecule has 1 unspecified atom stereocenters. The van der Waals surface area contributed by atoms with Crippen molar-refractivity contribution in [2.45, 2.75) is 173 Å². The minimum atomic E-state index is -4.43. The van der Waals surface area contributed by atoms with Crippen molar-refractivity contribution in [2.24, 2.45) is 0 Å². The molecule has 0 saturated heterocycles. The molecule has 0 radical (unpaired) electrons. The number of carbonyl (C=O) groups is 2. The molecule has 0 amide bonds. The highest BCUT2D eigenvalue weighted by molar-refractivity contribution is 7.47. The van der Waals surface area contributed by atoms with E-state index in [0.29, 0.717) is 36.7 Å². The maximum absolute atomic E-state index is 12.7. The fourth-order valence-corrected chi connectivity index (χ4v) is 6.30. The van der Waals surface area contributed by atoms with E-state index in [-0.39, 0.29) is 26.1 Å². The van der Waals surface area contributed by atoms with Crippen LogP contribution in [0.4, 0.5) is 0 Å². The summed E-state index contributed by atoms with van der Waals surface area (Å²) in [6, 6.07) is 0. The second-order valence-electron chi connectivity index (χ2n) is 15.8. The van der Waals surface area contributed by atoms with E-state index < -0.39 is 44.7 Å². The fraction of sp³-hybridized carbons (Fsp3) is 0.773. The van der Waals surface area contributed by atoms with E-state index in [4.69, 9.17) is 18.5 Å². The maximum atomic E-state index is 12.7. The molecule has 0 heterocycles. The monoisotopic (exact) mass is 815 g/mol. The van der Waals surface area contributed by atoms with Gasteiger partial charge in [0.15, 0.2) is 6.10 Å². The predicted octanol–water partition coefficient (Wildman–Crippen LogP) is 9.85. The van der Waals surface area contributed by atoms with Crippen molar-refractivity contribution in [3.8, 4) is 0 Å². The van der Waals surface area contributed by atoms with Crippen LogP contribution >= 0.6 is 7.82 Å². The summed E-state index contributed by atoms with van der Waals surface area (Å²) in [5.41, 5.74) is 0. The van der Waals surface area contributed by atoms with E-state index in [1.807, 2.05) is 27.2 Å². The molecule has 0 aliphatic heterocycles. The van der Waals surface area contributed by atoms with Gasteiger partial charge >= 0.3 is 19.8 Å². The molecule has 0 aliphatic rings. The Balaban J connectivity index is 4.63. The number of hydrogen-bond acceptors (Lipinski definition) is 9. The summed E-state index contributed by atoms with van der Waals surface area (Å²) in [4.78, 5) is 35.3. The van der Waals surface area contributed by atoms with Gasteiger partial charge < -0.3 is 29.1 Å². The molecule has 326 valence electrons. The summed E-state index contributed by atoms with van der Waals surface area (Å²) >= 11 is 0. The van der Waals surface area contributed by atoms with Crippen molar-refractivity contribution in [3.05, 3.63) is 48.6 Å². The highest BCUT2D eigenvalue weighted by Gasteiger charge is 2.27. The van der Waals surface area contributed by atoms with Gasteiger partial charge in [0.2, 0.25) is 0 Å². The Kier molecular flexibility index (Phi) is 34.6. The highest BCUT2D eigenvalue weighted by atomic mass is 31.2. The zero-order valence-corrected chi connectivity index (χ0v) is 36.7. The van der Waals surface area contributed by atoms with Gasteiger partial charge in [-0.25, -0.2) is 4.57 Å². The van der Waals surface area contributed by atoms with Gasteiger partial charge in [-0.05, 0) is 38.5 Å². The van der Waals surface area contributed by atoms with Gasteiger partial charge in [0, 0.05) is 12.8 Å². The predicted molar refractivity (Wildman–Crippen MR) is 227 cm³/mol. The molecule has 0 aliphatic carbocycles. The molecule has 0 spiro atoms. The number of nitrogens with zero attached hydrogens (tertiary/aromatic N) is 1. The molecule has 0 bridgehead atoms. The van der Waals surface area contributed by atoms with E-state index in [9.17, 15) is 29.3 Å². The molecule has 4 atom stereocenters. The van der Waals surface area contributed by atoms with Gasteiger partial charge in [-0.1, -0.05) is 152 Å². The van der Waals surface area contributed by atoms with Gasteiger partial charge in [-0.15, -0.1) is 0 Å². The van der Waals surface area contributed by atoms with Gasteiger partial charge in [0.1, 0.15) is 19.8 Å². The number of aliphatic hydroxyl groups is 2. The second-order valence-corrected chi connectivity index (χ2v) is 17.2. The number of ether oxygens (including phenoxy) is 2. The van der Waals surface area contributed by atoms with E-state index in [2.05, 4.69) is 19.9 Å². The standard InChI is InChI=1S/C44H80NO10P/c1-6-8-10-12-14-15-16-17-18-19-20-22-28-34-44(49)55-42(39-54-56(50,51)53-37-36-45(3,4)5)38-52-43(48)35-29-33-41(47)32-27-24-23-26-31-40(46)30-25-21-13-11-9-7-2/h21,23-27,31-32,40-42,46-47H,6-20,22,28-30,33-39H2,1-5H3/p+1/b24-23+,25-21-,31-26+,32-27-/t40-,41-,42-/m1/s1. The van der Waals surface area contributed by atoms with Crippen molar-refractivity contribution >= 4 is 19.8 Å².